The Morgan fingerprint density at radius 1 is 1.06 bits per heavy atom. The number of hydrogen-bond acceptors (Lipinski definition) is 3. The third kappa shape index (κ3) is 5.98. The second-order valence-electron chi connectivity index (χ2n) is 8.63. The summed E-state index contributed by atoms with van der Waals surface area (Å²) in [7, 11) is 0. The molecule has 1 heterocycles. The fraction of sp³-hybridized carbons (Fsp3) is 0.417. The fourth-order valence-corrected chi connectivity index (χ4v) is 4.37. The first-order valence-electron chi connectivity index (χ1n) is 10.7. The minimum absolute atomic E-state index is 0. The number of hydrogen-bond donors (Lipinski definition) is 2. The molecule has 9 heteroatoms. The molecule has 1 saturated heterocycles. The Hall–Kier alpha value is -1.87. The van der Waals surface area contributed by atoms with Gasteiger partial charge < -0.3 is 11.8 Å². The van der Waals surface area contributed by atoms with Gasteiger partial charge in [0.05, 0.1) is 22.7 Å². The van der Waals surface area contributed by atoms with Gasteiger partial charge in [-0.05, 0) is 67.6 Å². The number of aromatic carboxylic acids is 1. The third-order valence-electron chi connectivity index (χ3n) is 6.38. The molecule has 1 amide bonds. The summed E-state index contributed by atoms with van der Waals surface area (Å²) in [5.74, 6) is -1.08. The summed E-state index contributed by atoms with van der Waals surface area (Å²) in [4.78, 5) is 26.3. The Labute approximate surface area is 214 Å². The van der Waals surface area contributed by atoms with Crippen molar-refractivity contribution in [2.45, 2.75) is 56.4 Å². The molecule has 0 radical (unpaired) electrons. The van der Waals surface area contributed by atoms with Gasteiger partial charge in [0, 0.05) is 6.54 Å². The molecule has 172 valence electrons. The van der Waals surface area contributed by atoms with Crippen LogP contribution in [0.2, 0.25) is 0 Å². The van der Waals surface area contributed by atoms with Crippen LogP contribution in [0.4, 0.5) is 13.2 Å². The van der Waals surface area contributed by atoms with Crippen LogP contribution in [0, 0.1) is 0 Å². The number of nitrogens with one attached hydrogen (secondary N) is 1. The van der Waals surface area contributed by atoms with Crippen molar-refractivity contribution in [1.29, 1.82) is 0 Å². The van der Waals surface area contributed by atoms with Crippen LogP contribution in [-0.4, -0.2) is 34.5 Å². The van der Waals surface area contributed by atoms with E-state index in [2.05, 4.69) is 5.32 Å². The predicted molar refractivity (Wildman–Crippen MR) is 113 cm³/mol. The minimum atomic E-state index is -4.37. The number of nitrogens with zero attached hydrogens (tertiary/aromatic N) is 1. The summed E-state index contributed by atoms with van der Waals surface area (Å²) < 4.78 is 38.5. The van der Waals surface area contributed by atoms with E-state index in [4.69, 9.17) is 5.11 Å². The molecule has 33 heavy (non-hydrogen) atoms. The van der Waals surface area contributed by atoms with Crippen molar-refractivity contribution < 1.29 is 58.9 Å². The summed E-state index contributed by atoms with van der Waals surface area (Å²) in [5.41, 5.74) is 0.680. The van der Waals surface area contributed by atoms with Gasteiger partial charge in [-0.1, -0.05) is 30.7 Å². The number of amides is 1. The number of benzene rings is 2. The molecule has 2 N–H and O–H groups in total. The van der Waals surface area contributed by atoms with E-state index in [1.807, 2.05) is 4.90 Å². The van der Waals surface area contributed by atoms with Gasteiger partial charge in [-0.3, -0.25) is 9.69 Å². The first-order valence-corrected chi connectivity index (χ1v) is 10.7. The summed E-state index contributed by atoms with van der Waals surface area (Å²) in [6.07, 6.45) is -0.241. The van der Waals surface area contributed by atoms with Gasteiger partial charge in [0.15, 0.2) is 0 Å². The van der Waals surface area contributed by atoms with Crippen LogP contribution < -0.4 is 34.9 Å². The Morgan fingerprint density at radius 3 is 2.24 bits per heavy atom. The van der Waals surface area contributed by atoms with Crippen LogP contribution in [0.25, 0.3) is 0 Å². The molecular weight excluding hydrogens is 444 g/mol. The molecule has 0 unspecified atom stereocenters. The standard InChI is InChI=1S/C24H25F3N2O3.Na.H/c25-24(26,27)19-8-4-16(5-9-19)15-29-14-2-1-3-20(29)21(30)28-23(12-13-23)18-10-6-17(7-11-18)22(31)32;;/h4-11,20H,1-3,12-15H2,(H,28,30)(H,31,32);;/q;+1;-1/t20-;;/m1../s1. The van der Waals surface area contributed by atoms with Crippen LogP contribution in [-0.2, 0) is 23.1 Å². The number of carbonyl (C=O) groups excluding carboxylic acids is 1. The van der Waals surface area contributed by atoms with E-state index in [9.17, 15) is 22.8 Å². The van der Waals surface area contributed by atoms with Crippen LogP contribution in [0.1, 0.15) is 60.6 Å². The molecule has 0 spiro atoms. The Morgan fingerprint density at radius 2 is 1.70 bits per heavy atom. The number of piperidine rings is 1. The number of carboxylic acid groups (broad SMARTS) is 1. The first-order chi connectivity index (χ1) is 15.2. The number of halogens is 3. The zero-order valence-corrected chi connectivity index (χ0v) is 20.5. The maximum atomic E-state index is 13.2. The maximum absolute atomic E-state index is 13.2. The van der Waals surface area contributed by atoms with Gasteiger partial charge in [-0.2, -0.15) is 13.2 Å². The average Bonchev–Trinajstić information content (AvgIpc) is 3.54. The topological polar surface area (TPSA) is 69.6 Å². The molecule has 4 rings (SSSR count). The predicted octanol–water partition coefficient (Wildman–Crippen LogP) is 1.68. The van der Waals surface area contributed by atoms with Crippen molar-refractivity contribution in [2.24, 2.45) is 0 Å². The van der Waals surface area contributed by atoms with Crippen LogP contribution in [0.3, 0.4) is 0 Å². The fourth-order valence-electron chi connectivity index (χ4n) is 4.37. The van der Waals surface area contributed by atoms with Gasteiger partial charge >= 0.3 is 41.7 Å². The Bertz CT molecular complexity index is 996. The molecule has 1 saturated carbocycles. The molecule has 1 aliphatic carbocycles. The summed E-state index contributed by atoms with van der Waals surface area (Å²) in [5, 5.41) is 12.3. The average molecular weight is 470 g/mol. The zero-order chi connectivity index (χ0) is 22.9. The summed E-state index contributed by atoms with van der Waals surface area (Å²) in [6.45, 7) is 1.12. The maximum Gasteiger partial charge on any atom is 1.00 e. The van der Waals surface area contributed by atoms with Crippen molar-refractivity contribution in [3.05, 3.63) is 70.8 Å². The molecule has 1 aliphatic heterocycles. The van der Waals surface area contributed by atoms with Gasteiger partial charge in [-0.15, -0.1) is 0 Å². The number of likely N-dealkylation sites (tertiary alicyclic amines) is 1. The molecule has 0 bridgehead atoms. The van der Waals surface area contributed by atoms with E-state index < -0.39 is 23.2 Å². The number of alkyl halides is 3. The quantitative estimate of drug-likeness (QED) is 0.631. The van der Waals surface area contributed by atoms with Gasteiger partial charge in [0.25, 0.3) is 0 Å². The normalized spacial score (nSPS) is 19.9. The molecule has 2 aromatic carbocycles. The van der Waals surface area contributed by atoms with Gasteiger partial charge in [0.2, 0.25) is 5.91 Å². The summed E-state index contributed by atoms with van der Waals surface area (Å²) >= 11 is 0. The Kier molecular flexibility index (Phi) is 7.94. The van der Waals surface area contributed by atoms with Crippen LogP contribution >= 0.6 is 0 Å². The molecule has 2 aliphatic rings. The SMILES string of the molecule is O=C(O)c1ccc(C2(NC(=O)[C@H]3CCCCN3Cc3ccc(C(F)(F)F)cc3)CC2)cc1.[H-].[Na+]. The van der Waals surface area contributed by atoms with Crippen LogP contribution in [0.5, 0.6) is 0 Å². The van der Waals surface area contributed by atoms with E-state index in [0.29, 0.717) is 19.5 Å². The number of rotatable bonds is 6. The monoisotopic (exact) mass is 470 g/mol. The Balaban J connectivity index is 0.00000204. The van der Waals surface area contributed by atoms with Crippen molar-refractivity contribution >= 4 is 11.9 Å². The molecular formula is C24H26F3N2NaO3. The molecule has 0 aromatic heterocycles. The molecule has 2 aromatic rings. The van der Waals surface area contributed by atoms with E-state index in [1.165, 1.54) is 12.1 Å². The summed E-state index contributed by atoms with van der Waals surface area (Å²) in [6, 6.07) is 11.3. The molecule has 1 atom stereocenters. The van der Waals surface area contributed by atoms with E-state index in [1.54, 1.807) is 24.3 Å². The van der Waals surface area contributed by atoms with Crippen molar-refractivity contribution in [3.8, 4) is 0 Å². The smallest absolute Gasteiger partial charge is 1.00 e. The third-order valence-corrected chi connectivity index (χ3v) is 6.38. The number of carboxylic acids is 1. The second kappa shape index (κ2) is 10.2. The van der Waals surface area contributed by atoms with E-state index in [-0.39, 0.29) is 48.5 Å². The van der Waals surface area contributed by atoms with Crippen molar-refractivity contribution in [2.75, 3.05) is 6.54 Å². The molecule has 2 fully saturated rings. The van der Waals surface area contributed by atoms with Crippen LogP contribution in [0.15, 0.2) is 48.5 Å². The first kappa shape index (κ1) is 25.7. The van der Waals surface area contributed by atoms with E-state index in [0.717, 1.165) is 48.9 Å². The van der Waals surface area contributed by atoms with Gasteiger partial charge in [-0.25, -0.2) is 4.79 Å². The zero-order valence-electron chi connectivity index (χ0n) is 19.5. The minimum Gasteiger partial charge on any atom is -1.00 e. The van der Waals surface area contributed by atoms with Crippen molar-refractivity contribution in [1.82, 2.24) is 10.2 Å². The number of carbonyl (C=O) groups is 2. The van der Waals surface area contributed by atoms with Crippen molar-refractivity contribution in [3.63, 3.8) is 0 Å². The van der Waals surface area contributed by atoms with E-state index >= 15 is 0 Å². The largest absolute Gasteiger partial charge is 1.00 e. The van der Waals surface area contributed by atoms with Gasteiger partial charge in [0.1, 0.15) is 0 Å². The second-order valence-corrected chi connectivity index (χ2v) is 8.63. The molecule has 5 nitrogen and oxygen atoms in total.